The minimum atomic E-state index is -0.668. The number of non-ortho nitro benzene ring substituents is 1. The first-order valence-corrected chi connectivity index (χ1v) is 11.5. The van der Waals surface area contributed by atoms with Crippen LogP contribution < -0.4 is 14.8 Å². The topological polar surface area (TPSA) is 111 Å². The predicted molar refractivity (Wildman–Crippen MR) is 134 cm³/mol. The number of ether oxygens (including phenoxy) is 2. The lowest BCUT2D eigenvalue weighted by atomic mass is 10.1. The molecular formula is C26H21ClFN3O6. The standard InChI is InChI=1S/C26H21ClFN3O6/c1-2-36-23-13-17(11-20(27)24(23)37-15-16-7-9-19(10-8-16)31(34)35)12-22-25(32)30(26(33)29-22)14-18-5-3-4-6-21(18)28/h3-13H,2,14-15H2,1H3,(H,29,33)/b22-12+. The third-order valence-electron chi connectivity index (χ3n) is 5.42. The van der Waals surface area contributed by atoms with Crippen molar-refractivity contribution in [3.8, 4) is 11.5 Å². The van der Waals surface area contributed by atoms with Crippen molar-refractivity contribution in [1.29, 1.82) is 0 Å². The molecule has 0 aliphatic carbocycles. The van der Waals surface area contributed by atoms with E-state index in [1.54, 1.807) is 37.3 Å². The summed E-state index contributed by atoms with van der Waals surface area (Å²) in [5.74, 6) is -0.561. The van der Waals surface area contributed by atoms with E-state index in [2.05, 4.69) is 5.32 Å². The summed E-state index contributed by atoms with van der Waals surface area (Å²) in [5.41, 5.74) is 1.33. The number of carbonyl (C=O) groups is 2. The number of nitrogens with one attached hydrogen (secondary N) is 1. The lowest BCUT2D eigenvalue weighted by Crippen LogP contribution is -2.30. The van der Waals surface area contributed by atoms with Crippen molar-refractivity contribution in [1.82, 2.24) is 10.2 Å². The summed E-state index contributed by atoms with van der Waals surface area (Å²) in [5, 5.41) is 13.5. The van der Waals surface area contributed by atoms with Crippen LogP contribution in [0, 0.1) is 15.9 Å². The van der Waals surface area contributed by atoms with Gasteiger partial charge in [-0.05, 0) is 54.5 Å². The number of nitrogens with zero attached hydrogens (tertiary/aromatic N) is 2. The molecule has 1 fully saturated rings. The molecule has 0 saturated carbocycles. The smallest absolute Gasteiger partial charge is 0.329 e. The number of hydrogen-bond acceptors (Lipinski definition) is 6. The van der Waals surface area contributed by atoms with Crippen molar-refractivity contribution in [2.24, 2.45) is 0 Å². The number of urea groups is 1. The van der Waals surface area contributed by atoms with Gasteiger partial charge >= 0.3 is 6.03 Å². The molecule has 0 aromatic heterocycles. The Balaban J connectivity index is 1.54. The molecule has 1 aliphatic heterocycles. The fourth-order valence-corrected chi connectivity index (χ4v) is 3.90. The van der Waals surface area contributed by atoms with Crippen molar-refractivity contribution in [3.63, 3.8) is 0 Å². The first-order valence-electron chi connectivity index (χ1n) is 11.2. The molecule has 11 heteroatoms. The molecule has 190 valence electrons. The second kappa shape index (κ2) is 11.1. The molecule has 1 heterocycles. The van der Waals surface area contributed by atoms with E-state index in [0.29, 0.717) is 23.5 Å². The Hall–Kier alpha value is -4.44. The largest absolute Gasteiger partial charge is 0.490 e. The van der Waals surface area contributed by atoms with E-state index < -0.39 is 22.7 Å². The molecule has 9 nitrogen and oxygen atoms in total. The molecule has 3 amide bonds. The zero-order valence-corrected chi connectivity index (χ0v) is 20.3. The van der Waals surface area contributed by atoms with Gasteiger partial charge in [0.1, 0.15) is 18.1 Å². The van der Waals surface area contributed by atoms with Gasteiger partial charge in [0.15, 0.2) is 11.5 Å². The maximum absolute atomic E-state index is 14.0. The van der Waals surface area contributed by atoms with Gasteiger partial charge < -0.3 is 14.8 Å². The fourth-order valence-electron chi connectivity index (χ4n) is 3.62. The van der Waals surface area contributed by atoms with Gasteiger partial charge in [0.05, 0.1) is 23.1 Å². The molecule has 1 N–H and O–H groups in total. The molecule has 0 spiro atoms. The average Bonchev–Trinajstić information content (AvgIpc) is 3.12. The van der Waals surface area contributed by atoms with E-state index in [-0.39, 0.29) is 40.9 Å². The summed E-state index contributed by atoms with van der Waals surface area (Å²) in [6.07, 6.45) is 1.44. The maximum atomic E-state index is 14.0. The first kappa shape index (κ1) is 25.6. The fraction of sp³-hybridized carbons (Fsp3) is 0.154. The van der Waals surface area contributed by atoms with Gasteiger partial charge in [-0.3, -0.25) is 19.8 Å². The van der Waals surface area contributed by atoms with Crippen LogP contribution in [0.2, 0.25) is 5.02 Å². The van der Waals surface area contributed by atoms with Crippen LogP contribution >= 0.6 is 11.6 Å². The van der Waals surface area contributed by atoms with Crippen molar-refractivity contribution in [3.05, 3.63) is 104 Å². The van der Waals surface area contributed by atoms with Gasteiger partial charge in [0.25, 0.3) is 11.6 Å². The van der Waals surface area contributed by atoms with Gasteiger partial charge in [-0.15, -0.1) is 0 Å². The average molecular weight is 526 g/mol. The number of imide groups is 1. The molecule has 0 unspecified atom stereocenters. The quantitative estimate of drug-likeness (QED) is 0.172. The highest BCUT2D eigenvalue weighted by atomic mass is 35.5. The Morgan fingerprint density at radius 1 is 1.11 bits per heavy atom. The Kier molecular flexibility index (Phi) is 7.69. The second-order valence-corrected chi connectivity index (χ2v) is 8.35. The molecule has 0 bridgehead atoms. The van der Waals surface area contributed by atoms with Crippen LogP contribution in [0.1, 0.15) is 23.6 Å². The van der Waals surface area contributed by atoms with Crippen molar-refractivity contribution >= 4 is 35.3 Å². The number of benzene rings is 3. The molecule has 3 aromatic carbocycles. The summed E-state index contributed by atoms with van der Waals surface area (Å²) in [4.78, 5) is 36.5. The van der Waals surface area contributed by atoms with Crippen LogP contribution in [-0.2, 0) is 17.9 Å². The zero-order valence-electron chi connectivity index (χ0n) is 19.6. The van der Waals surface area contributed by atoms with Crippen LogP contribution in [-0.4, -0.2) is 28.4 Å². The van der Waals surface area contributed by atoms with E-state index >= 15 is 0 Å². The second-order valence-electron chi connectivity index (χ2n) is 7.95. The minimum Gasteiger partial charge on any atom is -0.490 e. The van der Waals surface area contributed by atoms with Gasteiger partial charge in [-0.25, -0.2) is 9.18 Å². The SMILES string of the molecule is CCOc1cc(/C=C2/NC(=O)N(Cc3ccccc3F)C2=O)cc(Cl)c1OCc1ccc([N+](=O)[O-])cc1. The van der Waals surface area contributed by atoms with Gasteiger partial charge in [-0.1, -0.05) is 29.8 Å². The Morgan fingerprint density at radius 2 is 1.84 bits per heavy atom. The monoisotopic (exact) mass is 525 g/mol. The molecule has 4 rings (SSSR count). The summed E-state index contributed by atoms with van der Waals surface area (Å²) in [7, 11) is 0. The third-order valence-corrected chi connectivity index (χ3v) is 5.70. The van der Waals surface area contributed by atoms with E-state index in [9.17, 15) is 24.1 Å². The normalized spacial score (nSPS) is 14.1. The highest BCUT2D eigenvalue weighted by Gasteiger charge is 2.34. The van der Waals surface area contributed by atoms with E-state index in [1.807, 2.05) is 0 Å². The number of halogens is 2. The Bertz CT molecular complexity index is 1390. The van der Waals surface area contributed by atoms with Crippen LogP contribution in [0.5, 0.6) is 11.5 Å². The summed E-state index contributed by atoms with van der Waals surface area (Å²) in [6.45, 7) is 1.95. The van der Waals surface area contributed by atoms with Gasteiger partial charge in [0.2, 0.25) is 0 Å². The van der Waals surface area contributed by atoms with Gasteiger partial charge in [0, 0.05) is 17.7 Å². The summed E-state index contributed by atoms with van der Waals surface area (Å²) in [6, 6.07) is 14.3. The maximum Gasteiger partial charge on any atom is 0.329 e. The molecular weight excluding hydrogens is 505 g/mol. The number of amides is 3. The number of nitro groups is 1. The van der Waals surface area contributed by atoms with Gasteiger partial charge in [-0.2, -0.15) is 0 Å². The number of hydrogen-bond donors (Lipinski definition) is 1. The van der Waals surface area contributed by atoms with Crippen LogP contribution in [0.15, 0.2) is 66.4 Å². The lowest BCUT2D eigenvalue weighted by Gasteiger charge is -2.15. The lowest BCUT2D eigenvalue weighted by molar-refractivity contribution is -0.384. The number of nitro benzene ring substituents is 1. The van der Waals surface area contributed by atoms with E-state index in [4.69, 9.17) is 21.1 Å². The highest BCUT2D eigenvalue weighted by molar-refractivity contribution is 6.32. The predicted octanol–water partition coefficient (Wildman–Crippen LogP) is 5.46. The number of rotatable bonds is 9. The molecule has 0 atom stereocenters. The molecule has 1 aliphatic rings. The Labute approximate surface area is 216 Å². The van der Waals surface area contributed by atoms with Crippen molar-refractivity contribution in [2.45, 2.75) is 20.1 Å². The zero-order chi connectivity index (χ0) is 26.5. The number of carbonyl (C=O) groups excluding carboxylic acids is 2. The summed E-state index contributed by atoms with van der Waals surface area (Å²) >= 11 is 6.46. The molecule has 1 saturated heterocycles. The van der Waals surface area contributed by atoms with Crippen molar-refractivity contribution < 1.29 is 28.4 Å². The highest BCUT2D eigenvalue weighted by Crippen LogP contribution is 2.38. The summed E-state index contributed by atoms with van der Waals surface area (Å²) < 4.78 is 25.5. The van der Waals surface area contributed by atoms with Crippen LogP contribution in [0.3, 0.4) is 0 Å². The van der Waals surface area contributed by atoms with Crippen LogP contribution in [0.4, 0.5) is 14.9 Å². The van der Waals surface area contributed by atoms with E-state index in [1.165, 1.54) is 36.4 Å². The molecule has 0 radical (unpaired) electrons. The Morgan fingerprint density at radius 3 is 2.51 bits per heavy atom. The molecule has 37 heavy (non-hydrogen) atoms. The first-order chi connectivity index (χ1) is 17.8. The third kappa shape index (κ3) is 5.87. The molecule has 3 aromatic rings. The van der Waals surface area contributed by atoms with E-state index in [0.717, 1.165) is 4.90 Å². The minimum absolute atomic E-state index is 0.000553. The van der Waals surface area contributed by atoms with Crippen LogP contribution in [0.25, 0.3) is 6.08 Å². The van der Waals surface area contributed by atoms with Crippen molar-refractivity contribution in [2.75, 3.05) is 6.61 Å².